The first-order valence-electron chi connectivity index (χ1n) is 8.36. The van der Waals surface area contributed by atoms with Crippen molar-refractivity contribution in [1.82, 2.24) is 5.32 Å². The summed E-state index contributed by atoms with van der Waals surface area (Å²) in [4.78, 5) is 0. The molecule has 2 nitrogen and oxygen atoms in total. The van der Waals surface area contributed by atoms with Crippen molar-refractivity contribution in [2.45, 2.75) is 44.9 Å². The maximum absolute atomic E-state index is 5.92. The van der Waals surface area contributed by atoms with Crippen molar-refractivity contribution in [3.05, 3.63) is 27.7 Å². The van der Waals surface area contributed by atoms with E-state index in [1.54, 1.807) is 0 Å². The molecule has 1 fully saturated rings. The number of hydrogen-bond acceptors (Lipinski definition) is 2. The van der Waals surface area contributed by atoms with Crippen LogP contribution in [0.25, 0.3) is 0 Å². The smallest absolute Gasteiger partial charge is 0.125 e. The number of fused-ring (bicyclic) bond motifs is 1. The van der Waals surface area contributed by atoms with E-state index >= 15 is 0 Å². The van der Waals surface area contributed by atoms with Crippen molar-refractivity contribution in [1.29, 1.82) is 0 Å². The Bertz CT molecular complexity index is 488. The van der Waals surface area contributed by atoms with Crippen LogP contribution in [0.1, 0.15) is 43.2 Å². The minimum absolute atomic E-state index is 0.794. The third kappa shape index (κ3) is 3.62. The fourth-order valence-electron chi connectivity index (χ4n) is 4.04. The molecule has 1 saturated carbocycles. The van der Waals surface area contributed by atoms with E-state index < -0.39 is 0 Å². The molecule has 2 unspecified atom stereocenters. The second kappa shape index (κ2) is 7.15. The summed E-state index contributed by atoms with van der Waals surface area (Å²) in [6.07, 6.45) is 9.18. The van der Waals surface area contributed by atoms with E-state index in [-0.39, 0.29) is 0 Å². The number of rotatable bonds is 4. The second-order valence-corrected chi connectivity index (χ2v) is 7.49. The average Bonchev–Trinajstić information content (AvgIpc) is 2.82. The molecule has 1 aliphatic heterocycles. The molecule has 1 aromatic carbocycles. The van der Waals surface area contributed by atoms with Crippen molar-refractivity contribution >= 4 is 15.9 Å². The molecular weight excluding hydrogens is 326 g/mol. The molecule has 2 aliphatic rings. The first-order valence-corrected chi connectivity index (χ1v) is 9.16. The van der Waals surface area contributed by atoms with Crippen LogP contribution >= 0.6 is 15.9 Å². The molecule has 0 radical (unpaired) electrons. The van der Waals surface area contributed by atoms with Crippen LogP contribution in [0.4, 0.5) is 0 Å². The van der Waals surface area contributed by atoms with Gasteiger partial charge in [-0.2, -0.15) is 0 Å². The highest BCUT2D eigenvalue weighted by atomic mass is 79.9. The Balaban J connectivity index is 1.80. The lowest BCUT2D eigenvalue weighted by Gasteiger charge is -2.26. The number of halogens is 1. The Labute approximate surface area is 136 Å². The minimum Gasteiger partial charge on any atom is -0.493 e. The van der Waals surface area contributed by atoms with Crippen LogP contribution in [-0.4, -0.2) is 20.2 Å². The van der Waals surface area contributed by atoms with Gasteiger partial charge in [-0.3, -0.25) is 0 Å². The standard InChI is InChI=1S/C18H26BrNO/c1-20-12-15-6-4-2-3-5-13(15)9-16-11-17(19)10-14-7-8-21-18(14)16/h10-11,13,15,20H,2-9,12H2,1H3. The fourth-order valence-corrected chi connectivity index (χ4v) is 4.59. The zero-order valence-electron chi connectivity index (χ0n) is 13.0. The Morgan fingerprint density at radius 2 is 2.00 bits per heavy atom. The molecule has 0 saturated heterocycles. The molecule has 21 heavy (non-hydrogen) atoms. The predicted molar refractivity (Wildman–Crippen MR) is 91.0 cm³/mol. The van der Waals surface area contributed by atoms with E-state index in [9.17, 15) is 0 Å². The number of hydrogen-bond donors (Lipinski definition) is 1. The summed E-state index contributed by atoms with van der Waals surface area (Å²) in [7, 11) is 2.09. The fraction of sp³-hybridized carbons (Fsp3) is 0.667. The zero-order chi connectivity index (χ0) is 14.7. The largest absolute Gasteiger partial charge is 0.493 e. The summed E-state index contributed by atoms with van der Waals surface area (Å²) < 4.78 is 7.12. The Morgan fingerprint density at radius 1 is 1.19 bits per heavy atom. The molecule has 2 atom stereocenters. The topological polar surface area (TPSA) is 21.3 Å². The van der Waals surface area contributed by atoms with E-state index in [2.05, 4.69) is 40.4 Å². The van der Waals surface area contributed by atoms with Gasteiger partial charge in [0.2, 0.25) is 0 Å². The van der Waals surface area contributed by atoms with Gasteiger partial charge >= 0.3 is 0 Å². The Morgan fingerprint density at radius 3 is 2.81 bits per heavy atom. The number of ether oxygens (including phenoxy) is 1. The van der Waals surface area contributed by atoms with Gasteiger partial charge in [0, 0.05) is 10.9 Å². The molecule has 1 heterocycles. The first kappa shape index (κ1) is 15.4. The van der Waals surface area contributed by atoms with Crippen LogP contribution in [-0.2, 0) is 12.8 Å². The van der Waals surface area contributed by atoms with E-state index in [4.69, 9.17) is 4.74 Å². The monoisotopic (exact) mass is 351 g/mol. The van der Waals surface area contributed by atoms with Gasteiger partial charge in [-0.1, -0.05) is 35.2 Å². The summed E-state index contributed by atoms with van der Waals surface area (Å²) in [5, 5.41) is 3.40. The molecule has 0 bridgehead atoms. The van der Waals surface area contributed by atoms with Gasteiger partial charge in [-0.05, 0) is 68.0 Å². The van der Waals surface area contributed by atoms with Crippen molar-refractivity contribution < 1.29 is 4.74 Å². The van der Waals surface area contributed by atoms with E-state index in [1.807, 2.05) is 0 Å². The van der Waals surface area contributed by atoms with Crippen molar-refractivity contribution in [3.63, 3.8) is 0 Å². The lowest BCUT2D eigenvalue weighted by molar-refractivity contribution is 0.297. The highest BCUT2D eigenvalue weighted by molar-refractivity contribution is 9.10. The molecule has 1 aromatic rings. The maximum Gasteiger partial charge on any atom is 0.125 e. The summed E-state index contributed by atoms with van der Waals surface area (Å²) in [5.74, 6) is 2.79. The molecule has 0 aromatic heterocycles. The molecule has 0 spiro atoms. The lowest BCUT2D eigenvalue weighted by atomic mass is 9.82. The zero-order valence-corrected chi connectivity index (χ0v) is 14.5. The van der Waals surface area contributed by atoms with Crippen LogP contribution < -0.4 is 10.1 Å². The van der Waals surface area contributed by atoms with E-state index in [0.29, 0.717) is 0 Å². The highest BCUT2D eigenvalue weighted by Crippen LogP contribution is 2.38. The van der Waals surface area contributed by atoms with Crippen LogP contribution in [0.5, 0.6) is 5.75 Å². The number of benzene rings is 1. The summed E-state index contributed by atoms with van der Waals surface area (Å²) in [6, 6.07) is 4.51. The van der Waals surface area contributed by atoms with Gasteiger partial charge in [-0.25, -0.2) is 0 Å². The normalized spacial score (nSPS) is 25.2. The SMILES string of the molecule is CNCC1CCCCCC1Cc1cc(Br)cc2c1OCC2. The average molecular weight is 352 g/mol. The van der Waals surface area contributed by atoms with Crippen LogP contribution in [0, 0.1) is 11.8 Å². The Kier molecular flexibility index (Phi) is 5.23. The van der Waals surface area contributed by atoms with Gasteiger partial charge in [-0.15, -0.1) is 0 Å². The third-order valence-electron chi connectivity index (χ3n) is 5.09. The van der Waals surface area contributed by atoms with Crippen LogP contribution in [0.3, 0.4) is 0 Å². The molecular formula is C18H26BrNO. The molecule has 116 valence electrons. The van der Waals surface area contributed by atoms with Crippen molar-refractivity contribution in [2.75, 3.05) is 20.2 Å². The Hall–Kier alpha value is -0.540. The summed E-state index contributed by atoms with van der Waals surface area (Å²) >= 11 is 3.67. The summed E-state index contributed by atoms with van der Waals surface area (Å²) in [5.41, 5.74) is 2.81. The molecule has 1 N–H and O–H groups in total. The maximum atomic E-state index is 5.92. The third-order valence-corrected chi connectivity index (χ3v) is 5.55. The molecule has 3 rings (SSSR count). The minimum atomic E-state index is 0.794. The van der Waals surface area contributed by atoms with Gasteiger partial charge in [0.1, 0.15) is 5.75 Å². The van der Waals surface area contributed by atoms with Gasteiger partial charge < -0.3 is 10.1 Å². The lowest BCUT2D eigenvalue weighted by Crippen LogP contribution is -2.26. The van der Waals surface area contributed by atoms with E-state index in [1.165, 1.54) is 59.9 Å². The van der Waals surface area contributed by atoms with Gasteiger partial charge in [0.05, 0.1) is 6.61 Å². The highest BCUT2D eigenvalue weighted by Gasteiger charge is 2.26. The predicted octanol–water partition coefficient (Wildman–Crippen LogP) is 4.34. The van der Waals surface area contributed by atoms with E-state index in [0.717, 1.165) is 31.4 Å². The van der Waals surface area contributed by atoms with Gasteiger partial charge in [0.25, 0.3) is 0 Å². The van der Waals surface area contributed by atoms with Crippen molar-refractivity contribution in [2.24, 2.45) is 11.8 Å². The first-order chi connectivity index (χ1) is 10.3. The van der Waals surface area contributed by atoms with Crippen molar-refractivity contribution in [3.8, 4) is 5.75 Å². The van der Waals surface area contributed by atoms with Crippen LogP contribution in [0.15, 0.2) is 16.6 Å². The molecule has 1 aliphatic carbocycles. The molecule has 0 amide bonds. The second-order valence-electron chi connectivity index (χ2n) is 6.57. The van der Waals surface area contributed by atoms with Gasteiger partial charge in [0.15, 0.2) is 0 Å². The quantitative estimate of drug-likeness (QED) is 0.814. The van der Waals surface area contributed by atoms with Crippen LogP contribution in [0.2, 0.25) is 0 Å². The number of nitrogens with one attached hydrogen (secondary N) is 1. The summed E-state index contributed by atoms with van der Waals surface area (Å²) in [6.45, 7) is 2.01. The molecule has 3 heteroatoms.